The Bertz CT molecular complexity index is 293. The summed E-state index contributed by atoms with van der Waals surface area (Å²) in [5.41, 5.74) is 0. The molecule has 1 fully saturated rings. The van der Waals surface area contributed by atoms with Gasteiger partial charge in [0.2, 0.25) is 0 Å². The molecule has 0 aromatic carbocycles. The molecule has 0 radical (unpaired) electrons. The number of hydrogen-bond acceptors (Lipinski definition) is 2. The first kappa shape index (κ1) is 10.5. The van der Waals surface area contributed by atoms with Crippen LogP contribution in [-0.2, 0) is 0 Å². The van der Waals surface area contributed by atoms with Crippen LogP contribution in [0.15, 0.2) is 11.4 Å². The molecule has 1 atom stereocenters. The minimum Gasteiger partial charge on any atom is -0.312 e. The molecule has 1 aromatic rings. The van der Waals surface area contributed by atoms with Gasteiger partial charge < -0.3 is 5.32 Å². The monoisotopic (exact) mass is 229 g/mol. The zero-order valence-corrected chi connectivity index (χ0v) is 10.00. The number of thiophene rings is 1. The molecular formula is C11H16ClNS. The van der Waals surface area contributed by atoms with Gasteiger partial charge in [-0.05, 0) is 37.3 Å². The van der Waals surface area contributed by atoms with Crippen molar-refractivity contribution in [1.29, 1.82) is 0 Å². The van der Waals surface area contributed by atoms with Gasteiger partial charge in [-0.1, -0.05) is 24.4 Å². The lowest BCUT2D eigenvalue weighted by molar-refractivity contribution is 0.513. The van der Waals surface area contributed by atoms with E-state index >= 15 is 0 Å². The van der Waals surface area contributed by atoms with E-state index in [2.05, 4.69) is 10.7 Å². The van der Waals surface area contributed by atoms with Crippen LogP contribution in [0.2, 0.25) is 5.02 Å². The molecule has 3 heteroatoms. The van der Waals surface area contributed by atoms with Crippen molar-refractivity contribution < 1.29 is 0 Å². The molecule has 1 unspecified atom stereocenters. The Kier molecular flexibility index (Phi) is 3.47. The van der Waals surface area contributed by atoms with Gasteiger partial charge in [-0.25, -0.2) is 0 Å². The third-order valence-electron chi connectivity index (χ3n) is 2.87. The Morgan fingerprint density at radius 2 is 2.43 bits per heavy atom. The summed E-state index contributed by atoms with van der Waals surface area (Å²) in [4.78, 5) is 1.30. The van der Waals surface area contributed by atoms with Crippen molar-refractivity contribution in [1.82, 2.24) is 5.32 Å². The standard InChI is InChI=1S/C11H16ClNS/c1-13-10(5-4-8-2-3-8)11-9(12)6-7-14-11/h6-8,10,13H,2-5H2,1H3. The van der Waals surface area contributed by atoms with Crippen LogP contribution in [0.3, 0.4) is 0 Å². The van der Waals surface area contributed by atoms with E-state index in [9.17, 15) is 0 Å². The van der Waals surface area contributed by atoms with Crippen LogP contribution in [0, 0.1) is 5.92 Å². The zero-order chi connectivity index (χ0) is 9.97. The fourth-order valence-electron chi connectivity index (χ4n) is 1.77. The smallest absolute Gasteiger partial charge is 0.0561 e. The van der Waals surface area contributed by atoms with Crippen LogP contribution < -0.4 is 5.32 Å². The second-order valence-electron chi connectivity index (χ2n) is 3.99. The summed E-state index contributed by atoms with van der Waals surface area (Å²) in [6.45, 7) is 0. The summed E-state index contributed by atoms with van der Waals surface area (Å²) in [6.07, 6.45) is 5.45. The van der Waals surface area contributed by atoms with Crippen molar-refractivity contribution in [2.45, 2.75) is 31.7 Å². The van der Waals surface area contributed by atoms with Gasteiger partial charge in [0, 0.05) is 10.9 Å². The average Bonchev–Trinajstić information content (AvgIpc) is 2.92. The predicted molar refractivity (Wildman–Crippen MR) is 63.1 cm³/mol. The lowest BCUT2D eigenvalue weighted by Gasteiger charge is -2.14. The Balaban J connectivity index is 1.93. The number of halogens is 1. The minimum absolute atomic E-state index is 0.461. The van der Waals surface area contributed by atoms with Gasteiger partial charge in [0.1, 0.15) is 0 Å². The molecule has 0 aliphatic heterocycles. The second kappa shape index (κ2) is 4.65. The van der Waals surface area contributed by atoms with Crippen molar-refractivity contribution in [3.05, 3.63) is 21.3 Å². The Labute approximate surface area is 94.5 Å². The molecule has 0 saturated heterocycles. The third kappa shape index (κ3) is 2.50. The van der Waals surface area contributed by atoms with Crippen molar-refractivity contribution in [3.63, 3.8) is 0 Å². The highest BCUT2D eigenvalue weighted by Gasteiger charge is 2.23. The van der Waals surface area contributed by atoms with Crippen LogP contribution in [0.5, 0.6) is 0 Å². The molecule has 0 spiro atoms. The third-order valence-corrected chi connectivity index (χ3v) is 4.34. The first-order chi connectivity index (χ1) is 6.81. The van der Waals surface area contributed by atoms with Crippen LogP contribution in [0.25, 0.3) is 0 Å². The summed E-state index contributed by atoms with van der Waals surface area (Å²) in [5.74, 6) is 1.00. The molecular weight excluding hydrogens is 214 g/mol. The molecule has 2 rings (SSSR count). The maximum absolute atomic E-state index is 6.11. The molecule has 1 nitrogen and oxygen atoms in total. The predicted octanol–water partition coefficient (Wildman–Crippen LogP) is 3.85. The Morgan fingerprint density at radius 3 is 2.93 bits per heavy atom. The summed E-state index contributed by atoms with van der Waals surface area (Å²) in [7, 11) is 2.02. The second-order valence-corrected chi connectivity index (χ2v) is 5.35. The lowest BCUT2D eigenvalue weighted by atomic mass is 10.1. The van der Waals surface area contributed by atoms with Crippen molar-refractivity contribution in [3.8, 4) is 0 Å². The van der Waals surface area contributed by atoms with Crippen LogP contribution in [-0.4, -0.2) is 7.05 Å². The highest BCUT2D eigenvalue weighted by Crippen LogP contribution is 2.38. The van der Waals surface area contributed by atoms with E-state index in [1.807, 2.05) is 13.1 Å². The van der Waals surface area contributed by atoms with E-state index in [1.165, 1.54) is 30.6 Å². The zero-order valence-electron chi connectivity index (χ0n) is 8.42. The molecule has 1 heterocycles. The molecule has 14 heavy (non-hydrogen) atoms. The molecule has 0 amide bonds. The molecule has 1 aliphatic rings. The van der Waals surface area contributed by atoms with Crippen LogP contribution >= 0.6 is 22.9 Å². The highest BCUT2D eigenvalue weighted by atomic mass is 35.5. The molecule has 1 aromatic heterocycles. The van der Waals surface area contributed by atoms with Crippen molar-refractivity contribution >= 4 is 22.9 Å². The van der Waals surface area contributed by atoms with Crippen molar-refractivity contribution in [2.24, 2.45) is 5.92 Å². The van der Waals surface area contributed by atoms with E-state index in [0.29, 0.717) is 6.04 Å². The van der Waals surface area contributed by atoms with E-state index in [0.717, 1.165) is 10.9 Å². The van der Waals surface area contributed by atoms with E-state index in [-0.39, 0.29) is 0 Å². The summed E-state index contributed by atoms with van der Waals surface area (Å²) < 4.78 is 0. The largest absolute Gasteiger partial charge is 0.312 e. The van der Waals surface area contributed by atoms with Gasteiger partial charge in [0.25, 0.3) is 0 Å². The Morgan fingerprint density at radius 1 is 1.64 bits per heavy atom. The first-order valence-electron chi connectivity index (χ1n) is 5.21. The fourth-order valence-corrected chi connectivity index (χ4v) is 3.10. The van der Waals surface area contributed by atoms with Gasteiger partial charge >= 0.3 is 0 Å². The normalized spacial score (nSPS) is 18.4. The summed E-state index contributed by atoms with van der Waals surface area (Å²) in [6, 6.07) is 2.45. The molecule has 1 N–H and O–H groups in total. The fraction of sp³-hybridized carbons (Fsp3) is 0.636. The average molecular weight is 230 g/mol. The quantitative estimate of drug-likeness (QED) is 0.809. The number of rotatable bonds is 5. The van der Waals surface area contributed by atoms with Gasteiger partial charge in [-0.2, -0.15) is 0 Å². The summed E-state index contributed by atoms with van der Waals surface area (Å²) >= 11 is 7.87. The topological polar surface area (TPSA) is 12.0 Å². The maximum atomic E-state index is 6.11. The first-order valence-corrected chi connectivity index (χ1v) is 6.47. The highest BCUT2D eigenvalue weighted by molar-refractivity contribution is 7.10. The minimum atomic E-state index is 0.461. The molecule has 0 bridgehead atoms. The van der Waals surface area contributed by atoms with E-state index in [1.54, 1.807) is 11.3 Å². The van der Waals surface area contributed by atoms with Gasteiger partial charge in [-0.3, -0.25) is 0 Å². The lowest BCUT2D eigenvalue weighted by Crippen LogP contribution is -2.15. The molecule has 1 saturated carbocycles. The number of hydrogen-bond donors (Lipinski definition) is 1. The van der Waals surface area contributed by atoms with Gasteiger partial charge in [0.05, 0.1) is 5.02 Å². The number of nitrogens with one attached hydrogen (secondary N) is 1. The summed E-state index contributed by atoms with van der Waals surface area (Å²) in [5, 5.41) is 6.34. The SMILES string of the molecule is CNC(CCC1CC1)c1sccc1Cl. The van der Waals surface area contributed by atoms with Crippen molar-refractivity contribution in [2.75, 3.05) is 7.05 Å². The van der Waals surface area contributed by atoms with Gasteiger partial charge in [0.15, 0.2) is 0 Å². The Hall–Kier alpha value is -0.0500. The molecule has 78 valence electrons. The maximum Gasteiger partial charge on any atom is 0.0561 e. The van der Waals surface area contributed by atoms with Gasteiger partial charge in [-0.15, -0.1) is 11.3 Å². The van der Waals surface area contributed by atoms with Crippen LogP contribution in [0.4, 0.5) is 0 Å². The van der Waals surface area contributed by atoms with E-state index < -0.39 is 0 Å². The van der Waals surface area contributed by atoms with Crippen LogP contribution in [0.1, 0.15) is 36.6 Å². The molecule has 1 aliphatic carbocycles. The van der Waals surface area contributed by atoms with E-state index in [4.69, 9.17) is 11.6 Å².